The van der Waals surface area contributed by atoms with E-state index in [1.807, 2.05) is 97.7 Å². The Kier molecular flexibility index (Phi) is 9.28. The lowest BCUT2D eigenvalue weighted by atomic mass is 9.96. The number of rotatable bonds is 8. The molecule has 0 aliphatic rings. The summed E-state index contributed by atoms with van der Waals surface area (Å²) in [6.45, 7) is 0. The van der Waals surface area contributed by atoms with Gasteiger partial charge in [-0.05, 0) is 96.6 Å². The minimum Gasteiger partial charge on any atom is -0.455 e. The highest BCUT2D eigenvalue weighted by molar-refractivity contribution is 6.16. The third-order valence-corrected chi connectivity index (χ3v) is 12.6. The van der Waals surface area contributed by atoms with Crippen molar-refractivity contribution in [2.75, 3.05) is 0 Å². The highest BCUT2D eigenvalue weighted by Crippen LogP contribution is 2.45. The Hall–Kier alpha value is -9.47. The molecular weight excluding hydrogens is 837 g/mol. The molecule has 0 radical (unpaired) electrons. The summed E-state index contributed by atoms with van der Waals surface area (Å²) >= 11 is 0. The molecule has 0 spiro atoms. The van der Waals surface area contributed by atoms with Crippen LogP contribution in [0.25, 0.3) is 128 Å². The van der Waals surface area contributed by atoms with E-state index >= 15 is 0 Å². The predicted octanol–water partition coefficient (Wildman–Crippen LogP) is 14.1. The summed E-state index contributed by atoms with van der Waals surface area (Å²) in [5, 5.41) is 4.01. The Labute approximate surface area is 389 Å². The fraction of sp³-hybridized carbons (Fsp3) is 0. The fourth-order valence-corrected chi connectivity index (χ4v) is 9.38. The SMILES string of the molecule is c1ccc(-c2ccnc(-c3ccc4c(c3)c3cc(-c5nccc(-c6ccccc6)n5)ccc3n4-c3cc(-c4cccnc4)c4oc5c(-c6cccnc6)cc(-c6cccnc6)cc5c4c3)n2)cc1. The number of benzene rings is 6. The van der Waals surface area contributed by atoms with Gasteiger partial charge in [0.1, 0.15) is 11.2 Å². The minimum absolute atomic E-state index is 0.642. The number of pyridine rings is 3. The third kappa shape index (κ3) is 6.76. The van der Waals surface area contributed by atoms with Crippen molar-refractivity contribution < 1.29 is 4.42 Å². The molecule has 0 saturated heterocycles. The summed E-state index contributed by atoms with van der Waals surface area (Å²) in [4.78, 5) is 33.3. The van der Waals surface area contributed by atoms with Gasteiger partial charge in [-0.15, -0.1) is 0 Å². The van der Waals surface area contributed by atoms with Crippen LogP contribution >= 0.6 is 0 Å². The van der Waals surface area contributed by atoms with Gasteiger partial charge >= 0.3 is 0 Å². The Morgan fingerprint density at radius 3 is 1.32 bits per heavy atom. The zero-order chi connectivity index (χ0) is 45.0. The molecule has 0 amide bonds. The first-order valence-corrected chi connectivity index (χ1v) is 22.3. The molecule has 0 unspecified atom stereocenters. The molecule has 6 aromatic carbocycles. The normalized spacial score (nSPS) is 11.5. The lowest BCUT2D eigenvalue weighted by molar-refractivity contribution is 0.671. The van der Waals surface area contributed by atoms with Gasteiger partial charge in [-0.25, -0.2) is 19.9 Å². The second-order valence-corrected chi connectivity index (χ2v) is 16.7. The van der Waals surface area contributed by atoms with E-state index in [1.165, 1.54) is 0 Å². The zero-order valence-corrected chi connectivity index (χ0v) is 36.3. The molecule has 0 saturated carbocycles. The number of hydrogen-bond donors (Lipinski definition) is 0. The number of nitrogens with zero attached hydrogens (tertiary/aromatic N) is 8. The molecule has 13 aromatic rings. The Morgan fingerprint density at radius 1 is 0.338 bits per heavy atom. The van der Waals surface area contributed by atoms with Gasteiger partial charge in [0.25, 0.3) is 0 Å². The van der Waals surface area contributed by atoms with E-state index in [0.717, 1.165) is 116 Å². The van der Waals surface area contributed by atoms with Crippen molar-refractivity contribution >= 4 is 43.7 Å². The summed E-state index contributed by atoms with van der Waals surface area (Å²) in [7, 11) is 0. The fourth-order valence-electron chi connectivity index (χ4n) is 9.38. The van der Waals surface area contributed by atoms with E-state index in [1.54, 1.807) is 18.6 Å². The van der Waals surface area contributed by atoms with Crippen molar-refractivity contribution in [1.82, 2.24) is 39.5 Å². The monoisotopic (exact) mass is 872 g/mol. The Morgan fingerprint density at radius 2 is 0.809 bits per heavy atom. The van der Waals surface area contributed by atoms with Crippen LogP contribution in [0.1, 0.15) is 0 Å². The second kappa shape index (κ2) is 16.2. The number of fused-ring (bicyclic) bond motifs is 6. The molecule has 0 atom stereocenters. The first kappa shape index (κ1) is 38.9. The predicted molar refractivity (Wildman–Crippen MR) is 271 cm³/mol. The number of hydrogen-bond acceptors (Lipinski definition) is 8. The maximum absolute atomic E-state index is 7.07. The molecule has 7 heterocycles. The van der Waals surface area contributed by atoms with Crippen LogP contribution in [0.5, 0.6) is 0 Å². The molecule has 68 heavy (non-hydrogen) atoms. The highest BCUT2D eigenvalue weighted by atomic mass is 16.3. The Bertz CT molecular complexity index is 3870. The van der Waals surface area contributed by atoms with Gasteiger partial charge in [0.15, 0.2) is 11.6 Å². The minimum atomic E-state index is 0.642. The van der Waals surface area contributed by atoms with Gasteiger partial charge in [-0.3, -0.25) is 15.0 Å². The molecule has 0 fully saturated rings. The van der Waals surface area contributed by atoms with Gasteiger partial charge in [-0.1, -0.05) is 78.9 Å². The maximum Gasteiger partial charge on any atom is 0.159 e. The van der Waals surface area contributed by atoms with E-state index in [4.69, 9.17) is 24.4 Å². The van der Waals surface area contributed by atoms with Crippen molar-refractivity contribution in [1.29, 1.82) is 0 Å². The van der Waals surface area contributed by atoms with Crippen molar-refractivity contribution in [3.63, 3.8) is 0 Å². The lowest BCUT2D eigenvalue weighted by Crippen LogP contribution is -1.96. The smallest absolute Gasteiger partial charge is 0.159 e. The first-order chi connectivity index (χ1) is 33.7. The molecule has 318 valence electrons. The van der Waals surface area contributed by atoms with Gasteiger partial charge in [0, 0.05) is 127 Å². The lowest BCUT2D eigenvalue weighted by Gasteiger charge is -2.12. The molecule has 0 aliphatic carbocycles. The molecular formula is C59H36N8O. The summed E-state index contributed by atoms with van der Waals surface area (Å²) in [5.41, 5.74) is 15.9. The van der Waals surface area contributed by atoms with Gasteiger partial charge in [-0.2, -0.15) is 0 Å². The maximum atomic E-state index is 7.07. The van der Waals surface area contributed by atoms with Crippen LogP contribution < -0.4 is 0 Å². The van der Waals surface area contributed by atoms with Gasteiger partial charge in [0.05, 0.1) is 22.4 Å². The molecule has 0 aliphatic heterocycles. The third-order valence-electron chi connectivity index (χ3n) is 12.6. The van der Waals surface area contributed by atoms with Gasteiger partial charge in [0.2, 0.25) is 0 Å². The topological polar surface area (TPSA) is 108 Å². The number of aromatic nitrogens is 8. The summed E-state index contributed by atoms with van der Waals surface area (Å²) < 4.78 is 9.41. The molecule has 0 bridgehead atoms. The van der Waals surface area contributed by atoms with Crippen molar-refractivity contribution in [3.05, 3.63) is 219 Å². The largest absolute Gasteiger partial charge is 0.455 e. The highest BCUT2D eigenvalue weighted by Gasteiger charge is 2.23. The standard InChI is InChI=1S/C59H36N8O/c1-3-10-37(11-4-1)52-21-26-63-58(65-52)39-17-19-54-48(28-39)49-29-40(59-64-27-22-53(66-59)38-12-5-2-6-13-38)18-20-55(49)67(54)45-32-47(43-16-9-25-62-36-43)57-51(33-45)50-31-44(41-14-7-23-60-34-41)30-46(56(50)68-57)42-15-8-24-61-35-42/h1-36H. The zero-order valence-electron chi connectivity index (χ0n) is 36.3. The quantitative estimate of drug-likeness (QED) is 0.148. The molecule has 9 heteroatoms. The van der Waals surface area contributed by atoms with Crippen molar-refractivity contribution in [2.24, 2.45) is 0 Å². The summed E-state index contributed by atoms with van der Waals surface area (Å²) in [6, 6.07) is 58.3. The van der Waals surface area contributed by atoms with E-state index in [9.17, 15) is 0 Å². The van der Waals surface area contributed by atoms with E-state index < -0.39 is 0 Å². The van der Waals surface area contributed by atoms with Crippen LogP contribution in [-0.4, -0.2) is 39.5 Å². The average molecular weight is 873 g/mol. The van der Waals surface area contributed by atoms with Crippen LogP contribution in [0.2, 0.25) is 0 Å². The molecule has 13 rings (SSSR count). The summed E-state index contributed by atoms with van der Waals surface area (Å²) in [6.07, 6.45) is 14.7. The van der Waals surface area contributed by atoms with E-state index in [0.29, 0.717) is 11.6 Å². The summed E-state index contributed by atoms with van der Waals surface area (Å²) in [5.74, 6) is 1.28. The number of furan rings is 1. The molecule has 7 aromatic heterocycles. The Balaban J connectivity index is 1.08. The van der Waals surface area contributed by atoms with Crippen LogP contribution in [0.4, 0.5) is 0 Å². The average Bonchev–Trinajstić information content (AvgIpc) is 3.96. The van der Waals surface area contributed by atoms with E-state index in [2.05, 4.69) is 123 Å². The van der Waals surface area contributed by atoms with E-state index in [-0.39, 0.29) is 0 Å². The van der Waals surface area contributed by atoms with Crippen molar-refractivity contribution in [2.45, 2.75) is 0 Å². The van der Waals surface area contributed by atoms with Crippen LogP contribution in [-0.2, 0) is 0 Å². The van der Waals surface area contributed by atoms with Crippen LogP contribution in [0.3, 0.4) is 0 Å². The van der Waals surface area contributed by atoms with Crippen molar-refractivity contribution in [3.8, 4) is 84.4 Å². The van der Waals surface area contributed by atoms with Gasteiger partial charge < -0.3 is 8.98 Å². The van der Waals surface area contributed by atoms with Crippen LogP contribution in [0, 0.1) is 0 Å². The molecule has 9 nitrogen and oxygen atoms in total. The van der Waals surface area contributed by atoms with Crippen LogP contribution in [0.15, 0.2) is 224 Å². The molecule has 0 N–H and O–H groups in total. The first-order valence-electron chi connectivity index (χ1n) is 22.3. The second-order valence-electron chi connectivity index (χ2n) is 16.7.